The van der Waals surface area contributed by atoms with E-state index in [0.29, 0.717) is 12.0 Å². The molecule has 0 saturated carbocycles. The Labute approximate surface area is 62.1 Å². The Bertz CT molecular complexity index is 170. The first kappa shape index (κ1) is 6.41. The van der Waals surface area contributed by atoms with Crippen LogP contribution in [0.3, 0.4) is 0 Å². The van der Waals surface area contributed by atoms with Crippen LogP contribution in [0.4, 0.5) is 0 Å². The second-order valence-corrected chi connectivity index (χ2v) is 3.83. The molecule has 2 atom stereocenters. The zero-order valence-corrected chi connectivity index (χ0v) is 6.63. The number of hydrogen-bond donors (Lipinski definition) is 0. The molecule has 56 valence electrons. The Hall–Kier alpha value is -0.300. The molecule has 2 heterocycles. The summed E-state index contributed by atoms with van der Waals surface area (Å²) >= 11 is 0. The van der Waals surface area contributed by atoms with Gasteiger partial charge in [0.15, 0.2) is 0 Å². The fourth-order valence-electron chi connectivity index (χ4n) is 1.95. The summed E-state index contributed by atoms with van der Waals surface area (Å²) in [4.78, 5) is 0. The monoisotopic (exact) mass is 138 g/mol. The van der Waals surface area contributed by atoms with Gasteiger partial charge < -0.3 is 4.74 Å². The summed E-state index contributed by atoms with van der Waals surface area (Å²) in [6.45, 7) is 4.38. The molecule has 0 aromatic carbocycles. The van der Waals surface area contributed by atoms with Crippen molar-refractivity contribution in [1.29, 1.82) is 0 Å². The lowest BCUT2D eigenvalue weighted by Gasteiger charge is -2.44. The number of fused-ring (bicyclic) bond motifs is 2. The molecule has 1 fully saturated rings. The fourth-order valence-corrected chi connectivity index (χ4v) is 1.95. The average molecular weight is 138 g/mol. The van der Waals surface area contributed by atoms with Crippen LogP contribution >= 0.6 is 0 Å². The van der Waals surface area contributed by atoms with Crippen molar-refractivity contribution in [2.45, 2.75) is 38.4 Å². The van der Waals surface area contributed by atoms with Gasteiger partial charge in [0, 0.05) is 5.92 Å². The second-order valence-electron chi connectivity index (χ2n) is 3.83. The number of rotatable bonds is 0. The highest BCUT2D eigenvalue weighted by Crippen LogP contribution is 2.38. The summed E-state index contributed by atoms with van der Waals surface area (Å²) < 4.78 is 5.79. The fraction of sp³-hybridized carbons (Fsp3) is 0.778. The van der Waals surface area contributed by atoms with E-state index in [0.717, 1.165) is 0 Å². The second kappa shape index (κ2) is 1.85. The molecule has 0 spiro atoms. The van der Waals surface area contributed by atoms with E-state index >= 15 is 0 Å². The van der Waals surface area contributed by atoms with E-state index in [1.54, 1.807) is 0 Å². The first-order valence-electron chi connectivity index (χ1n) is 4.04. The topological polar surface area (TPSA) is 9.23 Å². The third kappa shape index (κ3) is 0.807. The third-order valence-corrected chi connectivity index (χ3v) is 2.67. The van der Waals surface area contributed by atoms with Gasteiger partial charge in [-0.15, -0.1) is 0 Å². The van der Waals surface area contributed by atoms with Crippen LogP contribution in [0.25, 0.3) is 0 Å². The highest BCUT2D eigenvalue weighted by atomic mass is 16.5. The lowest BCUT2D eigenvalue weighted by atomic mass is 9.79. The van der Waals surface area contributed by atoms with Gasteiger partial charge in [-0.25, -0.2) is 0 Å². The van der Waals surface area contributed by atoms with Crippen molar-refractivity contribution in [2.75, 3.05) is 0 Å². The molecule has 1 heteroatoms. The van der Waals surface area contributed by atoms with E-state index in [4.69, 9.17) is 4.74 Å². The Morgan fingerprint density at radius 1 is 1.30 bits per heavy atom. The maximum Gasteiger partial charge on any atom is 0.0763 e. The van der Waals surface area contributed by atoms with Gasteiger partial charge in [0.2, 0.25) is 0 Å². The number of hydrogen-bond acceptors (Lipinski definition) is 1. The van der Waals surface area contributed by atoms with Crippen LogP contribution in [0.15, 0.2) is 12.2 Å². The predicted octanol–water partition coefficient (Wildman–Crippen LogP) is 2.13. The molecule has 1 saturated heterocycles. The van der Waals surface area contributed by atoms with E-state index in [-0.39, 0.29) is 5.60 Å². The summed E-state index contributed by atoms with van der Waals surface area (Å²) in [5.74, 6) is 0.664. The predicted molar refractivity (Wildman–Crippen MR) is 40.8 cm³/mol. The molecule has 0 radical (unpaired) electrons. The van der Waals surface area contributed by atoms with Crippen LogP contribution in [-0.4, -0.2) is 11.7 Å². The van der Waals surface area contributed by atoms with Crippen molar-refractivity contribution in [3.63, 3.8) is 0 Å². The molecular weight excluding hydrogens is 124 g/mol. The van der Waals surface area contributed by atoms with E-state index in [9.17, 15) is 0 Å². The maximum absolute atomic E-state index is 5.79. The standard InChI is InChI=1S/C9H14O/c1-9(2)7-3-5-8(10-9)6-4-7/h3,5,7-8H,4,6H2,1-2H3/t7-,8+/m0/s1. The molecule has 10 heavy (non-hydrogen) atoms. The SMILES string of the molecule is CC1(C)O[C@@H]2C=C[C@H]1CC2. The molecule has 2 aliphatic heterocycles. The van der Waals surface area contributed by atoms with E-state index in [1.807, 2.05) is 0 Å². The molecule has 0 N–H and O–H groups in total. The zero-order chi connectivity index (χ0) is 7.19. The Balaban J connectivity index is 2.27. The summed E-state index contributed by atoms with van der Waals surface area (Å²) in [5, 5.41) is 0. The van der Waals surface area contributed by atoms with E-state index in [2.05, 4.69) is 26.0 Å². The van der Waals surface area contributed by atoms with Gasteiger partial charge in [0.25, 0.3) is 0 Å². The Morgan fingerprint density at radius 2 is 2.10 bits per heavy atom. The summed E-state index contributed by atoms with van der Waals surface area (Å²) in [6, 6.07) is 0. The van der Waals surface area contributed by atoms with E-state index in [1.165, 1.54) is 12.8 Å². The van der Waals surface area contributed by atoms with Crippen LogP contribution in [0.2, 0.25) is 0 Å². The van der Waals surface area contributed by atoms with Gasteiger partial charge >= 0.3 is 0 Å². The van der Waals surface area contributed by atoms with Crippen molar-refractivity contribution in [3.05, 3.63) is 12.2 Å². The van der Waals surface area contributed by atoms with Crippen molar-refractivity contribution in [1.82, 2.24) is 0 Å². The van der Waals surface area contributed by atoms with Gasteiger partial charge in [0.1, 0.15) is 0 Å². The van der Waals surface area contributed by atoms with Crippen molar-refractivity contribution in [2.24, 2.45) is 5.92 Å². The van der Waals surface area contributed by atoms with Gasteiger partial charge in [-0.1, -0.05) is 12.2 Å². The smallest absolute Gasteiger partial charge is 0.0763 e. The molecule has 0 aromatic heterocycles. The minimum absolute atomic E-state index is 0.109. The molecule has 1 nitrogen and oxygen atoms in total. The van der Waals surface area contributed by atoms with Gasteiger partial charge in [0.05, 0.1) is 11.7 Å². The molecule has 2 bridgehead atoms. The average Bonchev–Trinajstić information content (AvgIpc) is 1.87. The highest BCUT2D eigenvalue weighted by Gasteiger charge is 2.38. The molecular formula is C9H14O. The molecule has 1 aliphatic carbocycles. The molecule has 3 aliphatic rings. The summed E-state index contributed by atoms with van der Waals surface area (Å²) in [5.41, 5.74) is 0.109. The lowest BCUT2D eigenvalue weighted by molar-refractivity contribution is -0.121. The lowest BCUT2D eigenvalue weighted by Crippen LogP contribution is -2.44. The maximum atomic E-state index is 5.79. The Kier molecular flexibility index (Phi) is 1.19. The summed E-state index contributed by atoms with van der Waals surface area (Å²) in [6.07, 6.45) is 7.48. The summed E-state index contributed by atoms with van der Waals surface area (Å²) in [7, 11) is 0. The molecule has 0 amide bonds. The van der Waals surface area contributed by atoms with Crippen LogP contribution in [-0.2, 0) is 4.74 Å². The van der Waals surface area contributed by atoms with Crippen molar-refractivity contribution >= 4 is 0 Å². The van der Waals surface area contributed by atoms with Gasteiger partial charge in [-0.2, -0.15) is 0 Å². The van der Waals surface area contributed by atoms with Crippen molar-refractivity contribution in [3.8, 4) is 0 Å². The quantitative estimate of drug-likeness (QED) is 0.466. The minimum atomic E-state index is 0.109. The van der Waals surface area contributed by atoms with E-state index < -0.39 is 0 Å². The number of ether oxygens (including phenoxy) is 1. The van der Waals surface area contributed by atoms with Gasteiger partial charge in [-0.05, 0) is 26.7 Å². The Morgan fingerprint density at radius 3 is 2.30 bits per heavy atom. The highest BCUT2D eigenvalue weighted by molar-refractivity contribution is 5.09. The van der Waals surface area contributed by atoms with Crippen LogP contribution < -0.4 is 0 Å². The minimum Gasteiger partial charge on any atom is -0.368 e. The molecule has 0 unspecified atom stereocenters. The normalized spacial score (nSPS) is 42.2. The van der Waals surface area contributed by atoms with Crippen LogP contribution in [0.1, 0.15) is 26.7 Å². The largest absolute Gasteiger partial charge is 0.368 e. The third-order valence-electron chi connectivity index (χ3n) is 2.67. The molecule has 3 rings (SSSR count). The zero-order valence-electron chi connectivity index (χ0n) is 6.63. The first-order valence-corrected chi connectivity index (χ1v) is 4.04. The van der Waals surface area contributed by atoms with Crippen molar-refractivity contribution < 1.29 is 4.74 Å². The van der Waals surface area contributed by atoms with Crippen LogP contribution in [0.5, 0.6) is 0 Å². The van der Waals surface area contributed by atoms with Crippen LogP contribution in [0, 0.1) is 5.92 Å². The first-order chi connectivity index (χ1) is 4.68. The van der Waals surface area contributed by atoms with Gasteiger partial charge in [-0.3, -0.25) is 0 Å². The molecule has 0 aromatic rings.